The van der Waals surface area contributed by atoms with Crippen LogP contribution in [0.1, 0.15) is 66.2 Å². The summed E-state index contributed by atoms with van der Waals surface area (Å²) in [5, 5.41) is 9.81. The third kappa shape index (κ3) is 21.0. The SMILES string of the molecule is CCCOCCC.CCCOCCC.COC(=O)CC(O)(CC(=O)OC)C(=O)OC. The summed E-state index contributed by atoms with van der Waals surface area (Å²) in [6.07, 6.45) is 3.20. The zero-order valence-electron chi connectivity index (χ0n) is 19.8. The van der Waals surface area contributed by atoms with Crippen LogP contribution >= 0.6 is 0 Å². The molecule has 0 bridgehead atoms. The Morgan fingerprint density at radius 2 is 0.933 bits per heavy atom. The molecule has 0 spiro atoms. The summed E-state index contributed by atoms with van der Waals surface area (Å²) in [5.74, 6) is -2.77. The first-order valence-electron chi connectivity index (χ1n) is 10.3. The maximum atomic E-state index is 11.2. The van der Waals surface area contributed by atoms with Gasteiger partial charge in [-0.15, -0.1) is 0 Å². The zero-order valence-corrected chi connectivity index (χ0v) is 19.8. The Morgan fingerprint density at radius 1 is 0.633 bits per heavy atom. The van der Waals surface area contributed by atoms with E-state index in [-0.39, 0.29) is 0 Å². The van der Waals surface area contributed by atoms with Crippen LogP contribution in [0.3, 0.4) is 0 Å². The second-order valence-corrected chi connectivity index (χ2v) is 6.25. The standard InChI is InChI=1S/C9H14O7.2C6H14O/c1-14-6(10)4-9(13,8(12)16-3)5-7(11)15-2;2*1-3-5-7-6-4-2/h13H,4-5H2,1-3H3;2*3-6H2,1-2H3. The zero-order chi connectivity index (χ0) is 23.8. The molecule has 9 nitrogen and oxygen atoms in total. The van der Waals surface area contributed by atoms with Crippen molar-refractivity contribution in [2.75, 3.05) is 47.8 Å². The Morgan fingerprint density at radius 3 is 1.13 bits per heavy atom. The minimum Gasteiger partial charge on any atom is -0.469 e. The summed E-state index contributed by atoms with van der Waals surface area (Å²) in [7, 11) is 3.22. The van der Waals surface area contributed by atoms with Crippen molar-refractivity contribution in [2.45, 2.75) is 71.8 Å². The maximum Gasteiger partial charge on any atom is 0.339 e. The Balaban J connectivity index is -0.000000430. The molecule has 0 fully saturated rings. The first-order chi connectivity index (χ1) is 14.2. The van der Waals surface area contributed by atoms with Gasteiger partial charge in [-0.25, -0.2) is 4.79 Å². The molecule has 0 saturated heterocycles. The second-order valence-electron chi connectivity index (χ2n) is 6.25. The highest BCUT2D eigenvalue weighted by Crippen LogP contribution is 2.18. The van der Waals surface area contributed by atoms with Crippen molar-refractivity contribution in [3.05, 3.63) is 0 Å². The summed E-state index contributed by atoms with van der Waals surface area (Å²) in [6, 6.07) is 0. The molecule has 0 radical (unpaired) electrons. The molecule has 180 valence electrons. The summed E-state index contributed by atoms with van der Waals surface area (Å²) in [5.41, 5.74) is -2.26. The van der Waals surface area contributed by atoms with E-state index in [2.05, 4.69) is 41.9 Å². The fourth-order valence-corrected chi connectivity index (χ4v) is 1.80. The lowest BCUT2D eigenvalue weighted by molar-refractivity contribution is -0.174. The Hall–Kier alpha value is -1.71. The predicted molar refractivity (Wildman–Crippen MR) is 113 cm³/mol. The molecule has 0 heterocycles. The number of hydrogen-bond acceptors (Lipinski definition) is 9. The Bertz CT molecular complexity index is 389. The third-order valence-corrected chi connectivity index (χ3v) is 3.29. The second kappa shape index (κ2) is 23.6. The summed E-state index contributed by atoms with van der Waals surface area (Å²) >= 11 is 0. The van der Waals surface area contributed by atoms with Crippen molar-refractivity contribution in [3.63, 3.8) is 0 Å². The van der Waals surface area contributed by atoms with E-state index in [0.29, 0.717) is 0 Å². The Labute approximate surface area is 181 Å². The number of ether oxygens (including phenoxy) is 5. The summed E-state index contributed by atoms with van der Waals surface area (Å²) in [4.78, 5) is 33.2. The van der Waals surface area contributed by atoms with E-state index in [0.717, 1.165) is 73.4 Å². The van der Waals surface area contributed by atoms with E-state index < -0.39 is 36.4 Å². The fraction of sp³-hybridized carbons (Fsp3) is 0.857. The van der Waals surface area contributed by atoms with Gasteiger partial charge < -0.3 is 28.8 Å². The normalized spacial score (nSPS) is 10.0. The largest absolute Gasteiger partial charge is 0.469 e. The number of carbonyl (C=O) groups excluding carboxylic acids is 3. The number of esters is 3. The van der Waals surface area contributed by atoms with E-state index in [1.807, 2.05) is 0 Å². The van der Waals surface area contributed by atoms with Crippen molar-refractivity contribution in [3.8, 4) is 0 Å². The van der Waals surface area contributed by atoms with Gasteiger partial charge in [-0.1, -0.05) is 27.7 Å². The van der Waals surface area contributed by atoms with Crippen molar-refractivity contribution in [1.82, 2.24) is 0 Å². The van der Waals surface area contributed by atoms with Gasteiger partial charge in [-0.05, 0) is 25.7 Å². The first-order valence-corrected chi connectivity index (χ1v) is 10.3. The average Bonchev–Trinajstić information content (AvgIpc) is 2.74. The number of carbonyl (C=O) groups is 3. The van der Waals surface area contributed by atoms with Crippen LogP contribution in [-0.2, 0) is 38.1 Å². The average molecular weight is 439 g/mol. The molecule has 0 aliphatic heterocycles. The lowest BCUT2D eigenvalue weighted by atomic mass is 9.96. The highest BCUT2D eigenvalue weighted by molar-refractivity contribution is 5.89. The summed E-state index contributed by atoms with van der Waals surface area (Å²) < 4.78 is 23.2. The molecule has 1 N–H and O–H groups in total. The predicted octanol–water partition coefficient (Wildman–Crippen LogP) is 2.66. The maximum absolute atomic E-state index is 11.2. The van der Waals surface area contributed by atoms with Crippen LogP contribution in [0, 0.1) is 0 Å². The van der Waals surface area contributed by atoms with Crippen LogP contribution in [-0.4, -0.2) is 76.4 Å². The van der Waals surface area contributed by atoms with E-state index >= 15 is 0 Å². The van der Waals surface area contributed by atoms with Crippen LogP contribution < -0.4 is 0 Å². The van der Waals surface area contributed by atoms with Crippen molar-refractivity contribution in [2.24, 2.45) is 0 Å². The minimum absolute atomic E-state index is 0.675. The fourth-order valence-electron chi connectivity index (χ4n) is 1.80. The molecule has 9 heteroatoms. The van der Waals surface area contributed by atoms with Crippen LogP contribution in [0.5, 0.6) is 0 Å². The molecule has 0 unspecified atom stereocenters. The van der Waals surface area contributed by atoms with Crippen LogP contribution in [0.4, 0.5) is 0 Å². The van der Waals surface area contributed by atoms with E-state index in [4.69, 9.17) is 9.47 Å². The first kappa shape index (κ1) is 32.9. The molecule has 0 aromatic rings. The summed E-state index contributed by atoms with van der Waals surface area (Å²) in [6.45, 7) is 12.2. The number of methoxy groups -OCH3 is 3. The molecule has 0 saturated carbocycles. The quantitative estimate of drug-likeness (QED) is 0.263. The minimum atomic E-state index is -2.26. The molecule has 0 aromatic carbocycles. The van der Waals surface area contributed by atoms with Gasteiger partial charge >= 0.3 is 17.9 Å². The number of hydrogen-bond donors (Lipinski definition) is 1. The topological polar surface area (TPSA) is 118 Å². The van der Waals surface area contributed by atoms with Crippen molar-refractivity contribution in [1.29, 1.82) is 0 Å². The smallest absolute Gasteiger partial charge is 0.339 e. The molecule has 30 heavy (non-hydrogen) atoms. The molecule has 0 amide bonds. The van der Waals surface area contributed by atoms with E-state index in [1.54, 1.807) is 0 Å². The lowest BCUT2D eigenvalue weighted by Gasteiger charge is -2.22. The van der Waals surface area contributed by atoms with Crippen molar-refractivity contribution >= 4 is 17.9 Å². The molecular weight excluding hydrogens is 396 g/mol. The lowest BCUT2D eigenvalue weighted by Crippen LogP contribution is -2.44. The van der Waals surface area contributed by atoms with Gasteiger partial charge in [0.2, 0.25) is 0 Å². The highest BCUT2D eigenvalue weighted by Gasteiger charge is 2.42. The van der Waals surface area contributed by atoms with Gasteiger partial charge in [-0.2, -0.15) is 0 Å². The van der Waals surface area contributed by atoms with E-state index in [9.17, 15) is 19.5 Å². The van der Waals surface area contributed by atoms with Gasteiger partial charge in [0.25, 0.3) is 0 Å². The third-order valence-electron chi connectivity index (χ3n) is 3.29. The Kier molecular flexibility index (Phi) is 25.9. The molecule has 0 aliphatic rings. The van der Waals surface area contributed by atoms with Crippen LogP contribution in [0.25, 0.3) is 0 Å². The van der Waals surface area contributed by atoms with Gasteiger partial charge in [0.15, 0.2) is 5.60 Å². The van der Waals surface area contributed by atoms with Crippen LogP contribution in [0.2, 0.25) is 0 Å². The van der Waals surface area contributed by atoms with Gasteiger partial charge in [-0.3, -0.25) is 9.59 Å². The van der Waals surface area contributed by atoms with Gasteiger partial charge in [0.1, 0.15) is 0 Å². The van der Waals surface area contributed by atoms with Gasteiger partial charge in [0, 0.05) is 26.4 Å². The van der Waals surface area contributed by atoms with Crippen molar-refractivity contribution < 1.29 is 43.2 Å². The number of rotatable bonds is 13. The van der Waals surface area contributed by atoms with Gasteiger partial charge in [0.05, 0.1) is 34.2 Å². The molecule has 0 rings (SSSR count). The monoisotopic (exact) mass is 438 g/mol. The molecule has 0 aliphatic carbocycles. The van der Waals surface area contributed by atoms with E-state index in [1.165, 1.54) is 0 Å². The molecule has 0 aromatic heterocycles. The molecule has 0 atom stereocenters. The van der Waals surface area contributed by atoms with Crippen LogP contribution in [0.15, 0.2) is 0 Å². The highest BCUT2D eigenvalue weighted by atomic mass is 16.6. The number of aliphatic hydroxyl groups is 1. The molecular formula is C21H42O9.